The molecule has 0 aliphatic heterocycles. The van der Waals surface area contributed by atoms with E-state index in [1.165, 1.54) is 22.3 Å². The molecule has 16 aromatic rings. The highest BCUT2D eigenvalue weighted by Crippen LogP contribution is 2.53. The monoisotopic (exact) mass is 1220 g/mol. The third-order valence-electron chi connectivity index (χ3n) is 19.8. The minimum absolute atomic E-state index is 0.147. The van der Waals surface area contributed by atoms with Crippen molar-refractivity contribution in [1.82, 2.24) is 23.3 Å². The number of pyridine rings is 1. The molecular formula is C88H76N6. The van der Waals surface area contributed by atoms with Crippen LogP contribution in [-0.2, 0) is 21.7 Å². The van der Waals surface area contributed by atoms with Crippen LogP contribution in [0.2, 0.25) is 0 Å². The molecule has 0 atom stereocenters. The summed E-state index contributed by atoms with van der Waals surface area (Å²) in [6.07, 6.45) is 0. The van der Waals surface area contributed by atoms with Crippen molar-refractivity contribution in [1.29, 1.82) is 5.26 Å². The van der Waals surface area contributed by atoms with Gasteiger partial charge >= 0.3 is 0 Å². The Bertz CT molecular complexity index is 5770. The van der Waals surface area contributed by atoms with Gasteiger partial charge in [0.15, 0.2) is 0 Å². The van der Waals surface area contributed by atoms with E-state index in [1.807, 2.05) is 0 Å². The molecule has 0 radical (unpaired) electrons. The van der Waals surface area contributed by atoms with Gasteiger partial charge in [0, 0.05) is 59.8 Å². The number of hydrogen-bond donors (Lipinski definition) is 0. The topological polar surface area (TPSA) is 56.4 Å². The van der Waals surface area contributed by atoms with Gasteiger partial charge in [-0.05, 0) is 134 Å². The highest BCUT2D eigenvalue weighted by molar-refractivity contribution is 6.17. The Kier molecular flexibility index (Phi) is 13.1. The van der Waals surface area contributed by atoms with Crippen LogP contribution in [0, 0.1) is 11.3 Å². The molecular weight excluding hydrogens is 1140 g/mol. The fraction of sp³-hybridized carbons (Fsp3) is 0.182. The normalized spacial score (nSPS) is 12.7. The lowest BCUT2D eigenvalue weighted by Gasteiger charge is -2.30. The average molecular weight is 1220 g/mol. The fourth-order valence-corrected chi connectivity index (χ4v) is 14.9. The predicted molar refractivity (Wildman–Crippen MR) is 397 cm³/mol. The van der Waals surface area contributed by atoms with E-state index in [4.69, 9.17) is 4.98 Å². The van der Waals surface area contributed by atoms with Crippen molar-refractivity contribution < 1.29 is 0 Å². The Morgan fingerprint density at radius 2 is 0.532 bits per heavy atom. The van der Waals surface area contributed by atoms with E-state index in [0.717, 1.165) is 144 Å². The number of rotatable bonds is 7. The molecule has 5 aromatic heterocycles. The van der Waals surface area contributed by atoms with Crippen LogP contribution in [0.1, 0.15) is 111 Å². The molecule has 6 heteroatoms. The molecule has 0 aliphatic rings. The summed E-state index contributed by atoms with van der Waals surface area (Å²) >= 11 is 0. The SMILES string of the molecule is CC(C)(C)c1ccc2c(c1)c1ccccc1n2-c1c(C#N)c(-c2cc(-c3ccccc3)nc(-c3ccccc3)c2)c(-n2c3ccccc3c3cc(C(C)(C)C)ccc32)c(-n2c3ccccc3c3cc(C(C)(C)C)ccc32)c1-n1c2ccccc2c2cc(C(C)(C)C)ccc21. The van der Waals surface area contributed by atoms with E-state index in [0.29, 0.717) is 5.56 Å². The van der Waals surface area contributed by atoms with Gasteiger partial charge in [0.25, 0.3) is 0 Å². The summed E-state index contributed by atoms with van der Waals surface area (Å²) in [6.45, 7) is 27.6. The maximum absolute atomic E-state index is 13.4. The van der Waals surface area contributed by atoms with E-state index < -0.39 is 0 Å². The summed E-state index contributed by atoms with van der Waals surface area (Å²) in [5, 5.41) is 22.5. The van der Waals surface area contributed by atoms with Gasteiger partial charge in [-0.3, -0.25) is 0 Å². The average Bonchev–Trinajstić information content (AvgIpc) is 1.45. The zero-order valence-electron chi connectivity index (χ0n) is 55.8. The number of benzene rings is 11. The number of para-hydroxylation sites is 4. The first-order valence-corrected chi connectivity index (χ1v) is 33.1. The van der Waals surface area contributed by atoms with Crippen molar-refractivity contribution in [3.05, 3.63) is 270 Å². The zero-order chi connectivity index (χ0) is 64.9. The Morgan fingerprint density at radius 1 is 0.266 bits per heavy atom. The highest BCUT2D eigenvalue weighted by atomic mass is 15.1. The Labute approximate surface area is 550 Å². The van der Waals surface area contributed by atoms with Gasteiger partial charge < -0.3 is 18.3 Å². The summed E-state index contributed by atoms with van der Waals surface area (Å²) < 4.78 is 10.1. The standard InChI is InChI=1S/C88H76N6/c1-85(2,3)57-39-43-76-65(49-57)61-31-19-23-35-72(61)91(76)81-69(53-89)80(56-47-70(54-27-15-13-16-28-54)90-71(48-56)55-29-17-14-18-30-55)82(92-73-36-24-20-32-62(73)66-50-58(86(4,5)6)40-44-77(66)92)84(94-75-38-26-22-34-64(75)68-52-60(88(10,11)12)42-46-79(68)94)83(81)93-74-37-25-21-33-63(74)67-51-59(87(7,8)9)41-45-78(67)93/h13-52H,1-12H3. The molecule has 0 saturated heterocycles. The smallest absolute Gasteiger partial charge is 0.102 e. The minimum Gasteiger partial charge on any atom is -0.306 e. The van der Waals surface area contributed by atoms with Gasteiger partial charge in [0.2, 0.25) is 0 Å². The van der Waals surface area contributed by atoms with Crippen molar-refractivity contribution >= 4 is 87.2 Å². The van der Waals surface area contributed by atoms with Crippen molar-refractivity contribution in [3.8, 4) is 62.5 Å². The van der Waals surface area contributed by atoms with Gasteiger partial charge in [-0.25, -0.2) is 4.98 Å². The molecule has 0 aliphatic carbocycles. The summed E-state index contributed by atoms with van der Waals surface area (Å²) in [4.78, 5) is 5.59. The highest BCUT2D eigenvalue weighted by Gasteiger charge is 2.37. The lowest BCUT2D eigenvalue weighted by Crippen LogP contribution is -2.17. The van der Waals surface area contributed by atoms with Crippen LogP contribution < -0.4 is 0 Å². The number of aromatic nitrogens is 5. The molecule has 0 bridgehead atoms. The fourth-order valence-electron chi connectivity index (χ4n) is 14.9. The third kappa shape index (κ3) is 9.14. The minimum atomic E-state index is -0.149. The third-order valence-corrected chi connectivity index (χ3v) is 19.8. The van der Waals surface area contributed by atoms with Gasteiger partial charge in [-0.1, -0.05) is 241 Å². The van der Waals surface area contributed by atoms with Gasteiger partial charge in [0.1, 0.15) is 6.07 Å². The van der Waals surface area contributed by atoms with Crippen LogP contribution in [0.3, 0.4) is 0 Å². The molecule has 11 aromatic carbocycles. The number of nitriles is 1. The van der Waals surface area contributed by atoms with Crippen LogP contribution in [0.5, 0.6) is 0 Å². The van der Waals surface area contributed by atoms with Gasteiger partial charge in [0.05, 0.1) is 83.8 Å². The molecule has 5 heterocycles. The van der Waals surface area contributed by atoms with Gasteiger partial charge in [-0.2, -0.15) is 5.26 Å². The van der Waals surface area contributed by atoms with Crippen molar-refractivity contribution in [3.63, 3.8) is 0 Å². The van der Waals surface area contributed by atoms with E-state index in [-0.39, 0.29) is 21.7 Å². The summed E-state index contributed by atoms with van der Waals surface area (Å²) in [7, 11) is 0. The lowest BCUT2D eigenvalue weighted by molar-refractivity contribution is 0.591. The van der Waals surface area contributed by atoms with Crippen LogP contribution >= 0.6 is 0 Å². The Hall–Kier alpha value is -10.7. The largest absolute Gasteiger partial charge is 0.306 e. The lowest BCUT2D eigenvalue weighted by atomic mass is 9.86. The molecule has 0 unspecified atom stereocenters. The molecule has 0 fully saturated rings. The first kappa shape index (κ1) is 58.4. The molecule has 0 spiro atoms. The molecule has 0 amide bonds. The Balaban J connectivity index is 1.27. The van der Waals surface area contributed by atoms with Crippen LogP contribution in [-0.4, -0.2) is 23.3 Å². The first-order valence-electron chi connectivity index (χ1n) is 33.1. The second-order valence-electron chi connectivity index (χ2n) is 30.0. The second-order valence-corrected chi connectivity index (χ2v) is 30.0. The summed E-state index contributed by atoms with van der Waals surface area (Å²) in [5.74, 6) is 0. The van der Waals surface area contributed by atoms with E-state index in [2.05, 4.69) is 350 Å². The van der Waals surface area contributed by atoms with Crippen LogP contribution in [0.25, 0.3) is 144 Å². The first-order chi connectivity index (χ1) is 45.2. The molecule has 458 valence electrons. The quantitative estimate of drug-likeness (QED) is 0.160. The van der Waals surface area contributed by atoms with Gasteiger partial charge in [-0.15, -0.1) is 0 Å². The molecule has 0 saturated carbocycles. The maximum atomic E-state index is 13.4. The zero-order valence-corrected chi connectivity index (χ0v) is 55.8. The van der Waals surface area contributed by atoms with E-state index in [1.54, 1.807) is 0 Å². The Morgan fingerprint density at radius 3 is 0.840 bits per heavy atom. The summed E-state index contributed by atoms with van der Waals surface area (Å²) in [5.41, 5.74) is 21.7. The molecule has 94 heavy (non-hydrogen) atoms. The van der Waals surface area contributed by atoms with Crippen LogP contribution in [0.15, 0.2) is 243 Å². The van der Waals surface area contributed by atoms with E-state index in [9.17, 15) is 5.26 Å². The second kappa shape index (κ2) is 21.1. The van der Waals surface area contributed by atoms with Crippen molar-refractivity contribution in [2.24, 2.45) is 0 Å². The van der Waals surface area contributed by atoms with E-state index >= 15 is 0 Å². The van der Waals surface area contributed by atoms with Crippen molar-refractivity contribution in [2.75, 3.05) is 0 Å². The maximum Gasteiger partial charge on any atom is 0.102 e. The number of nitrogens with zero attached hydrogens (tertiary/aromatic N) is 6. The van der Waals surface area contributed by atoms with Crippen molar-refractivity contribution in [2.45, 2.75) is 105 Å². The predicted octanol–water partition coefficient (Wildman–Crippen LogP) is 23.5. The molecule has 0 N–H and O–H groups in total. The van der Waals surface area contributed by atoms with Crippen LogP contribution in [0.4, 0.5) is 0 Å². The number of hydrogen-bond acceptors (Lipinski definition) is 2. The number of fused-ring (bicyclic) bond motifs is 12. The molecule has 6 nitrogen and oxygen atoms in total. The molecule has 16 rings (SSSR count). The summed E-state index contributed by atoms with van der Waals surface area (Å²) in [6, 6.07) is 92.7.